The first kappa shape index (κ1) is 23.4. The normalized spacial score (nSPS) is 13.6. The van der Waals surface area contributed by atoms with Crippen LogP contribution in [0.4, 0.5) is 26.3 Å². The van der Waals surface area contributed by atoms with E-state index in [0.29, 0.717) is 25.2 Å². The summed E-state index contributed by atoms with van der Waals surface area (Å²) in [4.78, 5) is 15.4. The van der Waals surface area contributed by atoms with Crippen molar-refractivity contribution in [3.63, 3.8) is 0 Å². The second kappa shape index (κ2) is 9.28. The van der Waals surface area contributed by atoms with E-state index >= 15 is 0 Å². The van der Waals surface area contributed by atoms with E-state index in [2.05, 4.69) is 14.8 Å². The lowest BCUT2D eigenvalue weighted by Gasteiger charge is -2.13. The number of alkyl halides is 6. The van der Waals surface area contributed by atoms with E-state index in [-0.39, 0.29) is 18.0 Å². The van der Waals surface area contributed by atoms with Crippen LogP contribution in [0.3, 0.4) is 0 Å². The van der Waals surface area contributed by atoms with E-state index in [1.165, 1.54) is 0 Å². The molecule has 0 spiro atoms. The summed E-state index contributed by atoms with van der Waals surface area (Å²) >= 11 is 0. The summed E-state index contributed by atoms with van der Waals surface area (Å²) in [6.07, 6.45) is -6.66. The molecule has 0 amide bonds. The molecule has 0 aliphatic rings. The summed E-state index contributed by atoms with van der Waals surface area (Å²) in [5.41, 5.74) is -3.42. The molecule has 1 heterocycles. The van der Waals surface area contributed by atoms with Crippen molar-refractivity contribution in [2.75, 3.05) is 13.7 Å². The molecular formula is C18H18F6N3O3+. The van der Waals surface area contributed by atoms with E-state index in [9.17, 15) is 31.1 Å². The fourth-order valence-corrected chi connectivity index (χ4v) is 2.31. The molecule has 1 aromatic carbocycles. The van der Waals surface area contributed by atoms with E-state index in [4.69, 9.17) is 4.74 Å². The summed E-state index contributed by atoms with van der Waals surface area (Å²) in [5, 5.41) is 3.79. The van der Waals surface area contributed by atoms with Crippen LogP contribution < -0.4 is 0 Å². The molecule has 1 aromatic heterocycles. The van der Waals surface area contributed by atoms with Crippen LogP contribution >= 0.6 is 0 Å². The number of hydrogen-bond acceptors (Lipinski definition) is 4. The first-order valence-corrected chi connectivity index (χ1v) is 8.55. The Hall–Kier alpha value is -2.89. The van der Waals surface area contributed by atoms with Crippen molar-refractivity contribution in [1.82, 2.24) is 14.8 Å². The first-order chi connectivity index (χ1) is 13.9. The zero-order valence-corrected chi connectivity index (χ0v) is 15.8. The third kappa shape index (κ3) is 6.58. The monoisotopic (exact) mass is 438 g/mol. The number of esters is 1. The highest BCUT2D eigenvalue weighted by molar-refractivity contribution is 5.85. The summed E-state index contributed by atoms with van der Waals surface area (Å²) < 4.78 is 87.7. The van der Waals surface area contributed by atoms with E-state index in [1.807, 2.05) is 0 Å². The van der Waals surface area contributed by atoms with Gasteiger partial charge in [-0.05, 0) is 25.1 Å². The lowest BCUT2D eigenvalue weighted by Crippen LogP contribution is -2.15. The van der Waals surface area contributed by atoms with Crippen LogP contribution in [0.15, 0.2) is 30.6 Å². The number of ether oxygens (including phenoxy) is 2. The van der Waals surface area contributed by atoms with Gasteiger partial charge >= 0.3 is 18.3 Å². The number of nitrogens with zero attached hydrogens (tertiary/aromatic N) is 3. The fourth-order valence-electron chi connectivity index (χ4n) is 2.31. The van der Waals surface area contributed by atoms with E-state index in [1.54, 1.807) is 14.0 Å². The largest absolute Gasteiger partial charge is 0.459 e. The number of carbonyl (C=O) groups excluding carboxylic acids is 1. The molecule has 0 saturated carbocycles. The number of carbonyl (C=O) groups is 1. The number of aliphatic hydroxyl groups is 2. The van der Waals surface area contributed by atoms with Crippen LogP contribution in [0, 0.1) is 0 Å². The Kier molecular flexibility index (Phi) is 7.24. The average Bonchev–Trinajstić information content (AvgIpc) is 3.12. The van der Waals surface area contributed by atoms with Crippen LogP contribution in [0.5, 0.6) is 0 Å². The van der Waals surface area contributed by atoms with Gasteiger partial charge in [0.2, 0.25) is 0 Å². The lowest BCUT2D eigenvalue weighted by atomic mass is 10.0. The lowest BCUT2D eigenvalue weighted by molar-refractivity contribution is -0.144. The van der Waals surface area contributed by atoms with Gasteiger partial charge in [0.05, 0.1) is 17.5 Å². The highest BCUT2D eigenvalue weighted by atomic mass is 19.4. The van der Waals surface area contributed by atoms with Crippen molar-refractivity contribution in [1.29, 1.82) is 0 Å². The van der Waals surface area contributed by atoms with Crippen LogP contribution in [0.2, 0.25) is 0 Å². The molecule has 2 aromatic rings. The van der Waals surface area contributed by atoms with Crippen molar-refractivity contribution in [3.05, 3.63) is 41.7 Å². The minimum atomic E-state index is -4.98. The molecule has 1 N–H and O–H groups in total. The number of rotatable bonds is 7. The average molecular weight is 438 g/mol. The van der Waals surface area contributed by atoms with E-state index in [0.717, 1.165) is 23.3 Å². The smallest absolute Gasteiger partial charge is 0.416 e. The molecule has 0 aliphatic heterocycles. The van der Waals surface area contributed by atoms with Crippen molar-refractivity contribution in [2.24, 2.45) is 0 Å². The van der Waals surface area contributed by atoms with Gasteiger partial charge in [0, 0.05) is 17.8 Å². The van der Waals surface area contributed by atoms with Crippen LogP contribution in [-0.2, 0) is 21.9 Å². The van der Waals surface area contributed by atoms with Crippen molar-refractivity contribution < 1.29 is 40.6 Å². The molecule has 0 radical (unpaired) electrons. The van der Waals surface area contributed by atoms with Gasteiger partial charge in [-0.15, -0.1) is 5.10 Å². The maximum absolute atomic E-state index is 13.0. The zero-order valence-electron chi connectivity index (χ0n) is 15.8. The van der Waals surface area contributed by atoms with Gasteiger partial charge in [0.1, 0.15) is 26.1 Å². The Morgan fingerprint density at radius 3 is 2.30 bits per heavy atom. The summed E-state index contributed by atoms with van der Waals surface area (Å²) in [7, 11) is 1.62. The standard InChI is InChI=1S/C18H17F6N3O3/c1-11(4-6-29-2)30-15(28)3-5-27-10-25-16(26-27)12-7-13(17(19,20)21)9-14(8-12)18(22,23)24/h3,5,7-11H,4,6H2,1-2H3/p+1/b5-3-. The predicted molar refractivity (Wildman–Crippen MR) is 94.0 cm³/mol. The van der Waals surface area contributed by atoms with Crippen molar-refractivity contribution >= 4 is 12.2 Å². The Morgan fingerprint density at radius 2 is 1.77 bits per heavy atom. The highest BCUT2D eigenvalue weighted by Gasteiger charge is 2.37. The molecule has 1 unspecified atom stereocenters. The van der Waals surface area contributed by atoms with Crippen molar-refractivity contribution in [3.8, 4) is 11.4 Å². The van der Waals surface area contributed by atoms with Gasteiger partial charge in [-0.2, -0.15) is 26.3 Å². The second-order valence-electron chi connectivity index (χ2n) is 6.23. The molecule has 0 fully saturated rings. The molecular weight excluding hydrogens is 420 g/mol. The molecule has 0 saturated heterocycles. The van der Waals surface area contributed by atoms with Gasteiger partial charge in [0.25, 0.3) is 0 Å². The van der Waals surface area contributed by atoms with Gasteiger partial charge in [-0.25, -0.2) is 14.5 Å². The maximum Gasteiger partial charge on any atom is 0.416 e. The molecule has 12 heteroatoms. The first-order valence-electron chi connectivity index (χ1n) is 8.55. The quantitative estimate of drug-likeness (QED) is 0.284. The number of benzene rings is 1. The number of hydrogen-bond donors (Lipinski definition) is 0. The fraction of sp³-hybridized carbons (Fsp3) is 0.389. The molecule has 164 valence electrons. The third-order valence-electron chi connectivity index (χ3n) is 3.79. The molecule has 30 heavy (non-hydrogen) atoms. The topological polar surface area (TPSA) is 69.8 Å². The Balaban J connectivity index is 2.22. The number of halogens is 6. The molecule has 0 aliphatic carbocycles. The van der Waals surface area contributed by atoms with Gasteiger partial charge < -0.3 is 9.47 Å². The van der Waals surface area contributed by atoms with E-state index < -0.39 is 35.0 Å². The second-order valence-corrected chi connectivity index (χ2v) is 6.23. The summed E-state index contributed by atoms with van der Waals surface area (Å²) in [6, 6.07) is 1.06. The SMILES string of the molecule is C[OH+]CCC(C)OC(=O)/C=C\n1cnc(-c2cc(C(F)(F)F)cc(C(F)(F)F)c2)n1. The summed E-state index contributed by atoms with van der Waals surface area (Å²) in [5.74, 6) is -1.07. The predicted octanol–water partition coefficient (Wildman–Crippen LogP) is 3.93. The Morgan fingerprint density at radius 1 is 1.17 bits per heavy atom. The summed E-state index contributed by atoms with van der Waals surface area (Å²) in [6.45, 7) is 2.19. The molecule has 0 bridgehead atoms. The Bertz CT molecular complexity index is 873. The maximum atomic E-state index is 13.0. The van der Waals surface area contributed by atoms with Gasteiger partial charge in [0.15, 0.2) is 5.82 Å². The minimum absolute atomic E-state index is 0.0173. The number of aromatic nitrogens is 3. The van der Waals surface area contributed by atoms with Crippen LogP contribution in [0.25, 0.3) is 17.6 Å². The van der Waals surface area contributed by atoms with Crippen LogP contribution in [-0.4, -0.2) is 45.3 Å². The van der Waals surface area contributed by atoms with Gasteiger partial charge in [-0.3, -0.25) is 0 Å². The molecule has 2 rings (SSSR count). The third-order valence-corrected chi connectivity index (χ3v) is 3.79. The van der Waals surface area contributed by atoms with Crippen LogP contribution in [0.1, 0.15) is 24.5 Å². The minimum Gasteiger partial charge on any atom is -0.459 e. The molecule has 6 nitrogen and oxygen atoms in total. The highest BCUT2D eigenvalue weighted by Crippen LogP contribution is 2.38. The van der Waals surface area contributed by atoms with Gasteiger partial charge in [-0.1, -0.05) is 0 Å². The van der Waals surface area contributed by atoms with Crippen molar-refractivity contribution in [2.45, 2.75) is 31.8 Å². The molecule has 1 atom stereocenters. The zero-order chi connectivity index (χ0) is 22.5. The Labute approximate surface area is 167 Å².